The van der Waals surface area contributed by atoms with E-state index in [-0.39, 0.29) is 12.5 Å². The van der Waals surface area contributed by atoms with Crippen molar-refractivity contribution in [3.8, 4) is 0 Å². The molecular formula is C20H20F3N5O. The lowest BCUT2D eigenvalue weighted by Gasteiger charge is -2.34. The molecule has 0 spiro atoms. The van der Waals surface area contributed by atoms with Gasteiger partial charge in [-0.15, -0.1) is 5.10 Å². The van der Waals surface area contributed by atoms with Gasteiger partial charge in [-0.3, -0.25) is 9.69 Å². The summed E-state index contributed by atoms with van der Waals surface area (Å²) in [5, 5.41) is 8.11. The molecule has 0 N–H and O–H groups in total. The van der Waals surface area contributed by atoms with Crippen molar-refractivity contribution in [2.24, 2.45) is 0 Å². The molecule has 0 unspecified atom stereocenters. The minimum absolute atomic E-state index is 0.0187. The van der Waals surface area contributed by atoms with E-state index in [2.05, 4.69) is 15.2 Å². The molecule has 4 rings (SSSR count). The minimum Gasteiger partial charge on any atom is -0.339 e. The van der Waals surface area contributed by atoms with Crippen LogP contribution in [0.15, 0.2) is 48.5 Å². The molecule has 1 aliphatic rings. The number of piperazine rings is 1. The summed E-state index contributed by atoms with van der Waals surface area (Å²) in [6.45, 7) is 3.20. The number of nitrogens with zero attached hydrogens (tertiary/aromatic N) is 5. The summed E-state index contributed by atoms with van der Waals surface area (Å²) in [6.07, 6.45) is -4.32. The van der Waals surface area contributed by atoms with Crippen LogP contribution in [0.5, 0.6) is 0 Å². The largest absolute Gasteiger partial charge is 0.416 e. The Morgan fingerprint density at radius 1 is 0.966 bits per heavy atom. The number of carbonyl (C=O) groups is 1. The second kappa shape index (κ2) is 7.82. The van der Waals surface area contributed by atoms with Crippen LogP contribution in [0.2, 0.25) is 0 Å². The summed E-state index contributed by atoms with van der Waals surface area (Å²) in [7, 11) is 0. The Balaban J connectivity index is 1.30. The van der Waals surface area contributed by atoms with Crippen LogP contribution >= 0.6 is 0 Å². The van der Waals surface area contributed by atoms with Crippen LogP contribution in [-0.4, -0.2) is 56.9 Å². The number of hydrogen-bond acceptors (Lipinski definition) is 4. The number of amides is 1. The minimum atomic E-state index is -4.32. The average Bonchev–Trinajstić information content (AvgIpc) is 3.11. The highest BCUT2D eigenvalue weighted by Gasteiger charge is 2.30. The predicted molar refractivity (Wildman–Crippen MR) is 101 cm³/mol. The van der Waals surface area contributed by atoms with E-state index in [4.69, 9.17) is 0 Å². The number of carbonyl (C=O) groups excluding carboxylic acids is 1. The third-order valence-electron chi connectivity index (χ3n) is 5.12. The molecule has 152 valence electrons. The zero-order valence-electron chi connectivity index (χ0n) is 15.6. The summed E-state index contributed by atoms with van der Waals surface area (Å²) in [6, 6.07) is 12.7. The molecule has 0 bridgehead atoms. The van der Waals surface area contributed by atoms with Gasteiger partial charge in [-0.2, -0.15) is 13.2 Å². The molecule has 1 amide bonds. The van der Waals surface area contributed by atoms with Gasteiger partial charge in [-0.05, 0) is 29.8 Å². The van der Waals surface area contributed by atoms with Crippen LogP contribution < -0.4 is 0 Å². The van der Waals surface area contributed by atoms with Gasteiger partial charge in [-0.25, -0.2) is 4.68 Å². The molecule has 0 atom stereocenters. The topological polar surface area (TPSA) is 54.3 Å². The number of hydrogen-bond donors (Lipinski definition) is 0. The van der Waals surface area contributed by atoms with Gasteiger partial charge in [0, 0.05) is 32.7 Å². The molecule has 2 aromatic carbocycles. The molecule has 1 aromatic heterocycles. The standard InChI is InChI=1S/C20H20F3N5O/c21-20(22,23)16-7-5-15(6-8-16)13-26-9-11-27(12-10-26)19(29)14-28-18-4-2-1-3-17(18)24-25-28/h1-8H,9-14H2. The van der Waals surface area contributed by atoms with Gasteiger partial charge >= 0.3 is 6.18 Å². The summed E-state index contributed by atoms with van der Waals surface area (Å²) >= 11 is 0. The van der Waals surface area contributed by atoms with Gasteiger partial charge in [0.1, 0.15) is 12.1 Å². The fourth-order valence-electron chi connectivity index (χ4n) is 3.47. The lowest BCUT2D eigenvalue weighted by Crippen LogP contribution is -2.49. The smallest absolute Gasteiger partial charge is 0.339 e. The first-order chi connectivity index (χ1) is 13.9. The van der Waals surface area contributed by atoms with Crippen LogP contribution in [0.25, 0.3) is 11.0 Å². The molecule has 0 radical (unpaired) electrons. The SMILES string of the molecule is O=C(Cn1nnc2ccccc21)N1CCN(Cc2ccc(C(F)(F)F)cc2)CC1. The van der Waals surface area contributed by atoms with Crippen molar-refractivity contribution in [1.82, 2.24) is 24.8 Å². The molecule has 2 heterocycles. The highest BCUT2D eigenvalue weighted by molar-refractivity contribution is 5.79. The van der Waals surface area contributed by atoms with Crippen LogP contribution in [0.4, 0.5) is 13.2 Å². The van der Waals surface area contributed by atoms with Gasteiger partial charge in [0.2, 0.25) is 5.91 Å². The van der Waals surface area contributed by atoms with Gasteiger partial charge < -0.3 is 4.90 Å². The monoisotopic (exact) mass is 403 g/mol. The highest BCUT2D eigenvalue weighted by atomic mass is 19.4. The number of alkyl halides is 3. The molecule has 6 nitrogen and oxygen atoms in total. The molecule has 1 fully saturated rings. The van der Waals surface area contributed by atoms with Crippen molar-refractivity contribution in [2.75, 3.05) is 26.2 Å². The Morgan fingerprint density at radius 2 is 1.66 bits per heavy atom. The maximum Gasteiger partial charge on any atom is 0.416 e. The van der Waals surface area contributed by atoms with Gasteiger partial charge in [0.05, 0.1) is 11.1 Å². The molecule has 1 saturated heterocycles. The number of benzene rings is 2. The average molecular weight is 403 g/mol. The van der Waals surface area contributed by atoms with E-state index in [0.29, 0.717) is 32.7 Å². The lowest BCUT2D eigenvalue weighted by atomic mass is 10.1. The molecule has 1 aliphatic heterocycles. The van der Waals surface area contributed by atoms with Crippen molar-refractivity contribution in [1.29, 1.82) is 0 Å². The third-order valence-corrected chi connectivity index (χ3v) is 5.12. The Bertz CT molecular complexity index is 991. The first-order valence-corrected chi connectivity index (χ1v) is 9.35. The van der Waals surface area contributed by atoms with Gasteiger partial charge in [-0.1, -0.05) is 29.5 Å². The number of para-hydroxylation sites is 1. The zero-order valence-corrected chi connectivity index (χ0v) is 15.6. The molecule has 3 aromatic rings. The van der Waals surface area contributed by atoms with Crippen molar-refractivity contribution in [3.63, 3.8) is 0 Å². The first-order valence-electron chi connectivity index (χ1n) is 9.35. The van der Waals surface area contributed by atoms with Crippen LogP contribution in [0.3, 0.4) is 0 Å². The number of fused-ring (bicyclic) bond motifs is 1. The predicted octanol–water partition coefficient (Wildman–Crippen LogP) is 2.79. The van der Waals surface area contributed by atoms with Crippen molar-refractivity contribution in [2.45, 2.75) is 19.3 Å². The van der Waals surface area contributed by atoms with Gasteiger partial charge in [0.15, 0.2) is 0 Å². The third kappa shape index (κ3) is 4.40. The van der Waals surface area contributed by atoms with E-state index in [9.17, 15) is 18.0 Å². The van der Waals surface area contributed by atoms with Crippen LogP contribution in [0.1, 0.15) is 11.1 Å². The number of rotatable bonds is 4. The van der Waals surface area contributed by atoms with E-state index in [1.807, 2.05) is 24.3 Å². The van der Waals surface area contributed by atoms with Crippen molar-refractivity contribution >= 4 is 16.9 Å². The first kappa shape index (κ1) is 19.4. The summed E-state index contributed by atoms with van der Waals surface area (Å²) in [5.74, 6) is -0.0187. The molecule has 9 heteroatoms. The molecule has 0 aliphatic carbocycles. The van der Waals surface area contributed by atoms with Crippen molar-refractivity contribution < 1.29 is 18.0 Å². The fraction of sp³-hybridized carbons (Fsp3) is 0.350. The van der Waals surface area contributed by atoms with E-state index in [1.165, 1.54) is 12.1 Å². The van der Waals surface area contributed by atoms with E-state index < -0.39 is 11.7 Å². The summed E-state index contributed by atoms with van der Waals surface area (Å²) in [5.41, 5.74) is 1.76. The van der Waals surface area contributed by atoms with Crippen LogP contribution in [0, 0.1) is 0 Å². The molecular weight excluding hydrogens is 383 g/mol. The summed E-state index contributed by atoms with van der Waals surface area (Å²) in [4.78, 5) is 16.5. The van der Waals surface area contributed by atoms with E-state index in [0.717, 1.165) is 28.7 Å². The molecule has 29 heavy (non-hydrogen) atoms. The second-order valence-electron chi connectivity index (χ2n) is 7.09. The quantitative estimate of drug-likeness (QED) is 0.672. The maximum atomic E-state index is 12.7. The van der Waals surface area contributed by atoms with Gasteiger partial charge in [0.25, 0.3) is 0 Å². The Labute approximate surface area is 165 Å². The number of aromatic nitrogens is 3. The second-order valence-corrected chi connectivity index (χ2v) is 7.09. The normalized spacial score (nSPS) is 15.8. The zero-order chi connectivity index (χ0) is 20.4. The maximum absolute atomic E-state index is 12.7. The highest BCUT2D eigenvalue weighted by Crippen LogP contribution is 2.29. The summed E-state index contributed by atoms with van der Waals surface area (Å²) < 4.78 is 39.6. The molecule has 0 saturated carbocycles. The Hall–Kier alpha value is -2.94. The number of halogens is 3. The van der Waals surface area contributed by atoms with E-state index in [1.54, 1.807) is 9.58 Å². The fourth-order valence-corrected chi connectivity index (χ4v) is 3.47. The lowest BCUT2D eigenvalue weighted by molar-refractivity contribution is -0.137. The Kier molecular flexibility index (Phi) is 5.23. The van der Waals surface area contributed by atoms with E-state index >= 15 is 0 Å². The van der Waals surface area contributed by atoms with Crippen LogP contribution in [-0.2, 0) is 24.1 Å². The Morgan fingerprint density at radius 3 is 2.34 bits per heavy atom. The van der Waals surface area contributed by atoms with Crippen molar-refractivity contribution in [3.05, 3.63) is 59.7 Å².